The Kier molecular flexibility index (Phi) is 3.45. The monoisotopic (exact) mass is 227 g/mol. The number of aliphatic hydroxyl groups excluding tert-OH is 1. The van der Waals surface area contributed by atoms with Crippen molar-refractivity contribution < 1.29 is 5.11 Å². The maximum atomic E-state index is 10.1. The first-order valence-electron chi connectivity index (χ1n) is 5.74. The van der Waals surface area contributed by atoms with Crippen LogP contribution in [0.15, 0.2) is 48.5 Å². The number of nitrogen functional groups attached to an aromatic ring is 1. The highest BCUT2D eigenvalue weighted by Crippen LogP contribution is 2.20. The second kappa shape index (κ2) is 5.02. The van der Waals surface area contributed by atoms with Crippen LogP contribution in [0.1, 0.15) is 22.8 Å². The van der Waals surface area contributed by atoms with Crippen molar-refractivity contribution in [1.82, 2.24) is 0 Å². The first-order chi connectivity index (χ1) is 8.15. The summed E-state index contributed by atoms with van der Waals surface area (Å²) in [5, 5.41) is 10.1. The van der Waals surface area contributed by atoms with Gasteiger partial charge in [0.1, 0.15) is 0 Å². The van der Waals surface area contributed by atoms with Crippen LogP contribution in [0.2, 0.25) is 0 Å². The minimum atomic E-state index is -0.500. The molecule has 17 heavy (non-hydrogen) atoms. The Labute approximate surface area is 102 Å². The van der Waals surface area contributed by atoms with Crippen molar-refractivity contribution in [3.8, 4) is 0 Å². The maximum absolute atomic E-state index is 10.1. The third-order valence-electron chi connectivity index (χ3n) is 2.81. The van der Waals surface area contributed by atoms with Gasteiger partial charge >= 0.3 is 0 Å². The van der Waals surface area contributed by atoms with E-state index >= 15 is 0 Å². The number of benzene rings is 2. The fourth-order valence-electron chi connectivity index (χ4n) is 1.95. The van der Waals surface area contributed by atoms with Gasteiger partial charge < -0.3 is 10.8 Å². The summed E-state index contributed by atoms with van der Waals surface area (Å²) >= 11 is 0. The Morgan fingerprint density at radius 3 is 2.59 bits per heavy atom. The number of anilines is 1. The minimum Gasteiger partial charge on any atom is -0.399 e. The number of aliphatic hydroxyl groups is 1. The number of hydrogen-bond donors (Lipinski definition) is 2. The van der Waals surface area contributed by atoms with Gasteiger partial charge in [0.25, 0.3) is 0 Å². The highest BCUT2D eigenvalue weighted by molar-refractivity contribution is 5.41. The van der Waals surface area contributed by atoms with Crippen molar-refractivity contribution in [3.05, 3.63) is 65.2 Å². The summed E-state index contributed by atoms with van der Waals surface area (Å²) in [7, 11) is 0. The lowest BCUT2D eigenvalue weighted by molar-refractivity contribution is 0.178. The van der Waals surface area contributed by atoms with Crippen LogP contribution in [0.3, 0.4) is 0 Å². The molecule has 1 atom stereocenters. The highest BCUT2D eigenvalue weighted by atomic mass is 16.3. The molecule has 2 heteroatoms. The van der Waals surface area contributed by atoms with Crippen molar-refractivity contribution in [2.75, 3.05) is 5.73 Å². The molecule has 0 saturated heterocycles. The standard InChI is InChI=1S/C15H17NO/c1-11-4-2-5-12(8-11)9-15(17)13-6-3-7-14(16)10-13/h2-8,10,15,17H,9,16H2,1H3. The number of nitrogens with two attached hydrogens (primary N) is 1. The van der Waals surface area contributed by atoms with Crippen molar-refractivity contribution in [2.45, 2.75) is 19.4 Å². The van der Waals surface area contributed by atoms with Crippen LogP contribution in [0.25, 0.3) is 0 Å². The van der Waals surface area contributed by atoms with Gasteiger partial charge in [-0.3, -0.25) is 0 Å². The van der Waals surface area contributed by atoms with E-state index in [1.165, 1.54) is 5.56 Å². The van der Waals surface area contributed by atoms with E-state index in [9.17, 15) is 5.11 Å². The van der Waals surface area contributed by atoms with E-state index < -0.39 is 6.10 Å². The smallest absolute Gasteiger partial charge is 0.0831 e. The Bertz CT molecular complexity index is 508. The van der Waals surface area contributed by atoms with Gasteiger partial charge in [-0.15, -0.1) is 0 Å². The molecule has 0 fully saturated rings. The first-order valence-corrected chi connectivity index (χ1v) is 5.74. The minimum absolute atomic E-state index is 0.500. The van der Waals surface area contributed by atoms with Crippen LogP contribution >= 0.6 is 0 Å². The lowest BCUT2D eigenvalue weighted by Gasteiger charge is -2.12. The lowest BCUT2D eigenvalue weighted by atomic mass is 10.00. The number of hydrogen-bond acceptors (Lipinski definition) is 2. The van der Waals surface area contributed by atoms with Crippen molar-refractivity contribution >= 4 is 5.69 Å². The Balaban J connectivity index is 2.14. The van der Waals surface area contributed by atoms with Crippen molar-refractivity contribution in [3.63, 3.8) is 0 Å². The molecular weight excluding hydrogens is 210 g/mol. The zero-order valence-corrected chi connectivity index (χ0v) is 9.93. The molecule has 2 nitrogen and oxygen atoms in total. The van der Waals surface area contributed by atoms with E-state index in [4.69, 9.17) is 5.73 Å². The van der Waals surface area contributed by atoms with Gasteiger partial charge in [-0.2, -0.15) is 0 Å². The second-order valence-corrected chi connectivity index (χ2v) is 4.38. The van der Waals surface area contributed by atoms with Gasteiger partial charge in [-0.05, 0) is 30.2 Å². The molecule has 0 aliphatic carbocycles. The fraction of sp³-hybridized carbons (Fsp3) is 0.200. The van der Waals surface area contributed by atoms with Crippen LogP contribution in [0.4, 0.5) is 5.69 Å². The van der Waals surface area contributed by atoms with E-state index in [2.05, 4.69) is 19.1 Å². The molecule has 0 heterocycles. The zero-order chi connectivity index (χ0) is 12.3. The van der Waals surface area contributed by atoms with E-state index in [1.807, 2.05) is 36.4 Å². The fourth-order valence-corrected chi connectivity index (χ4v) is 1.95. The summed E-state index contributed by atoms with van der Waals surface area (Å²) in [4.78, 5) is 0. The van der Waals surface area contributed by atoms with Crippen molar-refractivity contribution in [2.24, 2.45) is 0 Å². The van der Waals surface area contributed by atoms with Gasteiger partial charge in [-0.1, -0.05) is 42.0 Å². The average Bonchev–Trinajstić information content (AvgIpc) is 2.29. The maximum Gasteiger partial charge on any atom is 0.0831 e. The second-order valence-electron chi connectivity index (χ2n) is 4.38. The molecule has 2 aromatic rings. The summed E-state index contributed by atoms with van der Waals surface area (Å²) in [5.74, 6) is 0. The van der Waals surface area contributed by atoms with Crippen LogP contribution in [0.5, 0.6) is 0 Å². The molecule has 88 valence electrons. The van der Waals surface area contributed by atoms with E-state index in [-0.39, 0.29) is 0 Å². The summed E-state index contributed by atoms with van der Waals surface area (Å²) in [6.07, 6.45) is 0.116. The Hall–Kier alpha value is -1.80. The average molecular weight is 227 g/mol. The molecule has 0 aliphatic rings. The first kappa shape index (κ1) is 11.7. The molecule has 0 spiro atoms. The molecule has 2 rings (SSSR count). The molecular formula is C15H17NO. The third-order valence-corrected chi connectivity index (χ3v) is 2.81. The predicted molar refractivity (Wildman–Crippen MR) is 70.7 cm³/mol. The SMILES string of the molecule is Cc1cccc(CC(O)c2cccc(N)c2)c1. The summed E-state index contributed by atoms with van der Waals surface area (Å²) in [5.41, 5.74) is 9.61. The molecule has 0 bridgehead atoms. The van der Waals surface area contributed by atoms with Gasteiger partial charge in [0, 0.05) is 12.1 Å². The Morgan fingerprint density at radius 1 is 1.12 bits per heavy atom. The van der Waals surface area contributed by atoms with Gasteiger partial charge in [0.2, 0.25) is 0 Å². The van der Waals surface area contributed by atoms with Gasteiger partial charge in [-0.25, -0.2) is 0 Å². The normalized spacial score (nSPS) is 12.4. The van der Waals surface area contributed by atoms with Crippen molar-refractivity contribution in [1.29, 1.82) is 0 Å². The van der Waals surface area contributed by atoms with Gasteiger partial charge in [0.15, 0.2) is 0 Å². The molecule has 2 aromatic carbocycles. The van der Waals surface area contributed by atoms with Crippen LogP contribution in [-0.2, 0) is 6.42 Å². The molecule has 0 saturated carbocycles. The quantitative estimate of drug-likeness (QED) is 0.792. The molecule has 3 N–H and O–H groups in total. The van der Waals surface area contributed by atoms with Crippen LogP contribution in [0, 0.1) is 6.92 Å². The largest absolute Gasteiger partial charge is 0.399 e. The molecule has 1 unspecified atom stereocenters. The summed E-state index contributed by atoms with van der Waals surface area (Å²) in [6.45, 7) is 2.05. The third kappa shape index (κ3) is 3.08. The van der Waals surface area contributed by atoms with E-state index in [0.717, 1.165) is 11.1 Å². The summed E-state index contributed by atoms with van der Waals surface area (Å²) < 4.78 is 0. The summed E-state index contributed by atoms with van der Waals surface area (Å²) in [6, 6.07) is 15.6. The molecule has 0 radical (unpaired) electrons. The molecule has 0 amide bonds. The van der Waals surface area contributed by atoms with E-state index in [1.54, 1.807) is 0 Å². The van der Waals surface area contributed by atoms with Gasteiger partial charge in [0.05, 0.1) is 6.10 Å². The van der Waals surface area contributed by atoms with Crippen LogP contribution < -0.4 is 5.73 Å². The predicted octanol–water partition coefficient (Wildman–Crippen LogP) is 2.85. The number of rotatable bonds is 3. The Morgan fingerprint density at radius 2 is 1.88 bits per heavy atom. The molecule has 0 aliphatic heterocycles. The lowest BCUT2D eigenvalue weighted by Crippen LogP contribution is -2.02. The topological polar surface area (TPSA) is 46.2 Å². The molecule has 0 aromatic heterocycles. The van der Waals surface area contributed by atoms with E-state index in [0.29, 0.717) is 12.1 Å². The van der Waals surface area contributed by atoms with Crippen LogP contribution in [-0.4, -0.2) is 5.11 Å². The highest BCUT2D eigenvalue weighted by Gasteiger charge is 2.08. The zero-order valence-electron chi connectivity index (χ0n) is 9.93. The number of aryl methyl sites for hydroxylation is 1.